The predicted octanol–water partition coefficient (Wildman–Crippen LogP) is 3.28. The molecule has 0 aliphatic rings. The number of primary amides is 1. The van der Waals surface area contributed by atoms with E-state index in [1.165, 1.54) is 0 Å². The van der Waals surface area contributed by atoms with Gasteiger partial charge in [-0.05, 0) is 48.9 Å². The lowest BCUT2D eigenvalue weighted by Gasteiger charge is -2.10. The zero-order chi connectivity index (χ0) is 14.7. The summed E-state index contributed by atoms with van der Waals surface area (Å²) < 4.78 is 5.61. The predicted molar refractivity (Wildman–Crippen MR) is 77.1 cm³/mol. The molecule has 0 aliphatic carbocycles. The minimum atomic E-state index is -0.587. The average molecular weight is 292 g/mol. The number of nitrogens with two attached hydrogens (primary N) is 1. The van der Waals surface area contributed by atoms with E-state index in [4.69, 9.17) is 22.1 Å². The molecule has 0 spiro atoms. The second kappa shape index (κ2) is 5.94. The number of halogens is 1. The third-order valence-electron chi connectivity index (χ3n) is 2.80. The Morgan fingerprint density at radius 3 is 2.40 bits per heavy atom. The molecule has 0 radical (unpaired) electrons. The van der Waals surface area contributed by atoms with Crippen LogP contribution < -0.4 is 10.5 Å². The van der Waals surface area contributed by atoms with Crippen LogP contribution in [0.1, 0.15) is 28.9 Å². The normalized spacial score (nSPS) is 11.9. The van der Waals surface area contributed by atoms with Crippen LogP contribution in [0, 0.1) is 0 Å². The molecule has 20 heavy (non-hydrogen) atoms. The van der Waals surface area contributed by atoms with Crippen LogP contribution in [0.2, 0.25) is 5.02 Å². The maximum absolute atomic E-state index is 11.0. The number of carbonyl (C=O) groups excluding carboxylic acids is 1. The van der Waals surface area contributed by atoms with E-state index in [0.717, 1.165) is 0 Å². The molecule has 0 aliphatic heterocycles. The van der Waals surface area contributed by atoms with Crippen LogP contribution in [0.4, 0.5) is 0 Å². The highest BCUT2D eigenvalue weighted by Gasteiger charge is 2.08. The van der Waals surface area contributed by atoms with E-state index in [0.29, 0.717) is 27.6 Å². The fraction of sp³-hybridized carbons (Fsp3) is 0.133. The van der Waals surface area contributed by atoms with Crippen molar-refractivity contribution < 1.29 is 14.6 Å². The Morgan fingerprint density at radius 2 is 1.90 bits per heavy atom. The van der Waals surface area contributed by atoms with Gasteiger partial charge in [-0.3, -0.25) is 4.79 Å². The van der Waals surface area contributed by atoms with Gasteiger partial charge in [-0.2, -0.15) is 0 Å². The second-order valence-electron chi connectivity index (χ2n) is 4.36. The van der Waals surface area contributed by atoms with E-state index in [2.05, 4.69) is 0 Å². The summed E-state index contributed by atoms with van der Waals surface area (Å²) in [4.78, 5) is 11.0. The maximum Gasteiger partial charge on any atom is 0.248 e. The topological polar surface area (TPSA) is 72.6 Å². The van der Waals surface area contributed by atoms with Crippen LogP contribution in [0.3, 0.4) is 0 Å². The number of carbonyl (C=O) groups is 1. The number of hydrogen-bond donors (Lipinski definition) is 2. The molecule has 104 valence electrons. The van der Waals surface area contributed by atoms with E-state index >= 15 is 0 Å². The van der Waals surface area contributed by atoms with Crippen molar-refractivity contribution in [2.45, 2.75) is 13.0 Å². The van der Waals surface area contributed by atoms with Crippen LogP contribution in [0.15, 0.2) is 42.5 Å². The number of aliphatic hydroxyl groups excluding tert-OH is 1. The van der Waals surface area contributed by atoms with E-state index in [1.807, 2.05) is 0 Å². The van der Waals surface area contributed by atoms with E-state index in [9.17, 15) is 9.90 Å². The summed E-state index contributed by atoms with van der Waals surface area (Å²) in [5.74, 6) is 0.528. The Bertz CT molecular complexity index is 624. The van der Waals surface area contributed by atoms with Gasteiger partial charge in [0.15, 0.2) is 0 Å². The minimum Gasteiger partial charge on any atom is -0.456 e. The third kappa shape index (κ3) is 3.29. The van der Waals surface area contributed by atoms with Crippen molar-refractivity contribution in [2.24, 2.45) is 5.73 Å². The SMILES string of the molecule is C[C@H](O)c1ccc(Oc2ccc(C(N)=O)cc2)c(Cl)c1. The standard InChI is InChI=1S/C15H14ClNO3/c1-9(18)11-4-7-14(13(16)8-11)20-12-5-2-10(3-6-12)15(17)19/h2-9,18H,1H3,(H2,17,19)/t9-/m0/s1. The van der Waals surface area contributed by atoms with Gasteiger partial charge in [0.1, 0.15) is 11.5 Å². The number of ether oxygens (including phenoxy) is 1. The number of rotatable bonds is 4. The molecule has 4 nitrogen and oxygen atoms in total. The van der Waals surface area contributed by atoms with Crippen molar-refractivity contribution in [1.82, 2.24) is 0 Å². The highest BCUT2D eigenvalue weighted by Crippen LogP contribution is 2.31. The van der Waals surface area contributed by atoms with Gasteiger partial charge in [0.2, 0.25) is 5.91 Å². The summed E-state index contributed by atoms with van der Waals surface area (Å²) in [6, 6.07) is 11.5. The Kier molecular flexibility index (Phi) is 4.27. The molecule has 3 N–H and O–H groups in total. The molecule has 0 unspecified atom stereocenters. The molecular formula is C15H14ClNO3. The van der Waals surface area contributed by atoms with Crippen molar-refractivity contribution in [2.75, 3.05) is 0 Å². The zero-order valence-electron chi connectivity index (χ0n) is 10.8. The number of hydrogen-bond acceptors (Lipinski definition) is 3. The van der Waals surface area contributed by atoms with Crippen molar-refractivity contribution in [1.29, 1.82) is 0 Å². The van der Waals surface area contributed by atoms with Gasteiger partial charge >= 0.3 is 0 Å². The zero-order valence-corrected chi connectivity index (χ0v) is 11.6. The molecule has 1 amide bonds. The Labute approximate surface area is 121 Å². The summed E-state index contributed by atoms with van der Waals surface area (Å²) in [5, 5.41) is 9.87. The third-order valence-corrected chi connectivity index (χ3v) is 3.10. The lowest BCUT2D eigenvalue weighted by molar-refractivity contribution is 0.100. The van der Waals surface area contributed by atoms with Crippen LogP contribution >= 0.6 is 11.6 Å². The highest BCUT2D eigenvalue weighted by molar-refractivity contribution is 6.32. The lowest BCUT2D eigenvalue weighted by atomic mass is 10.1. The van der Waals surface area contributed by atoms with Crippen molar-refractivity contribution in [3.8, 4) is 11.5 Å². The number of amides is 1. The Morgan fingerprint density at radius 1 is 1.25 bits per heavy atom. The molecule has 1 atom stereocenters. The van der Waals surface area contributed by atoms with Gasteiger partial charge in [0.05, 0.1) is 11.1 Å². The van der Waals surface area contributed by atoms with Crippen LogP contribution in [0.5, 0.6) is 11.5 Å². The van der Waals surface area contributed by atoms with Gasteiger partial charge in [-0.15, -0.1) is 0 Å². The molecule has 0 saturated carbocycles. The first-order valence-corrected chi connectivity index (χ1v) is 6.40. The van der Waals surface area contributed by atoms with E-state index < -0.39 is 12.0 Å². The van der Waals surface area contributed by atoms with Crippen LogP contribution in [-0.2, 0) is 0 Å². The van der Waals surface area contributed by atoms with Gasteiger partial charge < -0.3 is 15.6 Å². The highest BCUT2D eigenvalue weighted by atomic mass is 35.5. The summed E-state index contributed by atoms with van der Waals surface area (Å²) >= 11 is 6.09. The van der Waals surface area contributed by atoms with Crippen molar-refractivity contribution >= 4 is 17.5 Å². The van der Waals surface area contributed by atoms with Crippen molar-refractivity contribution in [3.63, 3.8) is 0 Å². The molecule has 0 bridgehead atoms. The van der Waals surface area contributed by atoms with Crippen molar-refractivity contribution in [3.05, 3.63) is 58.6 Å². The molecule has 0 aromatic heterocycles. The number of aliphatic hydroxyl groups is 1. The van der Waals surface area contributed by atoms with Crippen LogP contribution in [0.25, 0.3) is 0 Å². The molecule has 2 rings (SSSR count). The summed E-state index contributed by atoms with van der Waals surface area (Å²) in [5.41, 5.74) is 6.29. The van der Waals surface area contributed by atoms with Gasteiger partial charge in [-0.1, -0.05) is 17.7 Å². The molecule has 0 saturated heterocycles. The smallest absolute Gasteiger partial charge is 0.248 e. The molecular weight excluding hydrogens is 278 g/mol. The number of benzene rings is 2. The fourth-order valence-corrected chi connectivity index (χ4v) is 1.90. The monoisotopic (exact) mass is 291 g/mol. The first-order valence-electron chi connectivity index (χ1n) is 6.02. The lowest BCUT2D eigenvalue weighted by Crippen LogP contribution is -2.10. The molecule has 0 heterocycles. The van der Waals surface area contributed by atoms with Gasteiger partial charge in [-0.25, -0.2) is 0 Å². The summed E-state index contributed by atoms with van der Waals surface area (Å²) in [6.45, 7) is 1.66. The molecule has 0 fully saturated rings. The van der Waals surface area contributed by atoms with E-state index in [-0.39, 0.29) is 0 Å². The fourth-order valence-electron chi connectivity index (χ4n) is 1.67. The maximum atomic E-state index is 11.0. The Balaban J connectivity index is 2.19. The second-order valence-corrected chi connectivity index (χ2v) is 4.76. The first kappa shape index (κ1) is 14.4. The summed E-state index contributed by atoms with van der Waals surface area (Å²) in [6.07, 6.45) is -0.587. The molecule has 2 aromatic rings. The average Bonchev–Trinajstić information content (AvgIpc) is 2.41. The Hall–Kier alpha value is -2.04. The van der Waals surface area contributed by atoms with E-state index in [1.54, 1.807) is 49.4 Å². The van der Waals surface area contributed by atoms with Gasteiger partial charge in [0.25, 0.3) is 0 Å². The largest absolute Gasteiger partial charge is 0.456 e. The minimum absolute atomic E-state index is 0.405. The summed E-state index contributed by atoms with van der Waals surface area (Å²) in [7, 11) is 0. The molecule has 5 heteroatoms. The van der Waals surface area contributed by atoms with Crippen LogP contribution in [-0.4, -0.2) is 11.0 Å². The molecule has 2 aromatic carbocycles. The van der Waals surface area contributed by atoms with Gasteiger partial charge in [0, 0.05) is 5.56 Å². The quantitative estimate of drug-likeness (QED) is 0.908. The first-order chi connectivity index (χ1) is 9.47.